The van der Waals surface area contributed by atoms with Crippen LogP contribution in [0.5, 0.6) is 11.5 Å². The van der Waals surface area contributed by atoms with E-state index >= 15 is 0 Å². The minimum atomic E-state index is -0.641. The van der Waals surface area contributed by atoms with Crippen LogP contribution in [0, 0.1) is 5.82 Å². The predicted octanol–water partition coefficient (Wildman–Crippen LogP) is 2.41. The molecule has 6 nitrogen and oxygen atoms in total. The van der Waals surface area contributed by atoms with Gasteiger partial charge in [0.25, 0.3) is 0 Å². The minimum absolute atomic E-state index is 0.198. The maximum Gasteiger partial charge on any atom is 0.123 e. The Labute approximate surface area is 177 Å². The zero-order valence-electron chi connectivity index (χ0n) is 17.5. The molecule has 1 fully saturated rings. The summed E-state index contributed by atoms with van der Waals surface area (Å²) in [7, 11) is 1.62. The standard InChI is InChI=1S/C23H31FN2O4/c1-28-22-6-8-23(9-7-22)30-18-21(27)17-26(11-10-25-12-14-29-15-13-25)16-19-2-4-20(24)5-3-19/h2-9,21,27H,10-18H2,1H3. The highest BCUT2D eigenvalue weighted by molar-refractivity contribution is 5.31. The monoisotopic (exact) mass is 418 g/mol. The highest BCUT2D eigenvalue weighted by Crippen LogP contribution is 2.17. The molecular formula is C23H31FN2O4. The number of methoxy groups -OCH3 is 1. The third kappa shape index (κ3) is 7.57. The fourth-order valence-electron chi connectivity index (χ4n) is 3.41. The van der Waals surface area contributed by atoms with Crippen molar-refractivity contribution in [3.05, 3.63) is 59.9 Å². The van der Waals surface area contributed by atoms with E-state index < -0.39 is 6.10 Å². The van der Waals surface area contributed by atoms with Crippen molar-refractivity contribution in [2.45, 2.75) is 12.6 Å². The maximum absolute atomic E-state index is 13.2. The molecule has 2 aromatic rings. The quantitative estimate of drug-likeness (QED) is 0.605. The first kappa shape index (κ1) is 22.5. The van der Waals surface area contributed by atoms with Gasteiger partial charge in [-0.05, 0) is 42.0 Å². The number of morpholine rings is 1. The molecule has 0 radical (unpaired) electrons. The number of benzene rings is 2. The summed E-state index contributed by atoms with van der Waals surface area (Å²) in [4.78, 5) is 4.55. The van der Waals surface area contributed by atoms with Gasteiger partial charge >= 0.3 is 0 Å². The van der Waals surface area contributed by atoms with Crippen LogP contribution in [0.4, 0.5) is 4.39 Å². The first-order valence-electron chi connectivity index (χ1n) is 10.3. The van der Waals surface area contributed by atoms with Crippen LogP contribution in [0.15, 0.2) is 48.5 Å². The van der Waals surface area contributed by atoms with E-state index in [0.29, 0.717) is 18.8 Å². The number of nitrogens with zero attached hydrogens (tertiary/aromatic N) is 2. The van der Waals surface area contributed by atoms with E-state index in [1.54, 1.807) is 19.2 Å². The van der Waals surface area contributed by atoms with Crippen LogP contribution in [0.3, 0.4) is 0 Å². The van der Waals surface area contributed by atoms with Gasteiger partial charge in [-0.25, -0.2) is 4.39 Å². The highest BCUT2D eigenvalue weighted by atomic mass is 19.1. The molecule has 0 aromatic heterocycles. The Balaban J connectivity index is 1.52. The van der Waals surface area contributed by atoms with Crippen LogP contribution < -0.4 is 9.47 Å². The number of hydrogen-bond donors (Lipinski definition) is 1. The van der Waals surface area contributed by atoms with E-state index in [2.05, 4.69) is 9.80 Å². The molecule has 7 heteroatoms. The summed E-state index contributed by atoms with van der Waals surface area (Å²) in [6, 6.07) is 13.8. The maximum atomic E-state index is 13.2. The molecule has 0 saturated carbocycles. The van der Waals surface area contributed by atoms with E-state index in [4.69, 9.17) is 14.2 Å². The van der Waals surface area contributed by atoms with Gasteiger partial charge in [0, 0.05) is 39.3 Å². The van der Waals surface area contributed by atoms with Gasteiger partial charge in [-0.2, -0.15) is 0 Å². The molecule has 1 atom stereocenters. The molecule has 0 bridgehead atoms. The summed E-state index contributed by atoms with van der Waals surface area (Å²) in [6.07, 6.45) is -0.641. The van der Waals surface area contributed by atoms with Gasteiger partial charge in [-0.1, -0.05) is 12.1 Å². The van der Waals surface area contributed by atoms with Gasteiger partial charge in [0.15, 0.2) is 0 Å². The molecular weight excluding hydrogens is 387 g/mol. The van der Waals surface area contributed by atoms with Crippen molar-refractivity contribution in [1.82, 2.24) is 9.80 Å². The van der Waals surface area contributed by atoms with Crippen molar-refractivity contribution >= 4 is 0 Å². The van der Waals surface area contributed by atoms with Gasteiger partial charge in [0.2, 0.25) is 0 Å². The largest absolute Gasteiger partial charge is 0.497 e. The third-order valence-corrected chi connectivity index (χ3v) is 5.13. The van der Waals surface area contributed by atoms with Crippen molar-refractivity contribution in [3.8, 4) is 11.5 Å². The first-order chi connectivity index (χ1) is 14.6. The topological polar surface area (TPSA) is 54.4 Å². The van der Waals surface area contributed by atoms with Gasteiger partial charge in [0.1, 0.15) is 30.0 Å². The molecule has 30 heavy (non-hydrogen) atoms. The normalized spacial score (nSPS) is 15.9. The lowest BCUT2D eigenvalue weighted by Gasteiger charge is -2.31. The molecule has 0 spiro atoms. The SMILES string of the molecule is COc1ccc(OCC(O)CN(CCN2CCOCC2)Cc2ccc(F)cc2)cc1. The van der Waals surface area contributed by atoms with E-state index in [-0.39, 0.29) is 12.4 Å². The number of hydrogen-bond acceptors (Lipinski definition) is 6. The second kappa shape index (κ2) is 11.9. The molecule has 164 valence electrons. The Morgan fingerprint density at radius 1 is 1.07 bits per heavy atom. The zero-order chi connectivity index (χ0) is 21.2. The van der Waals surface area contributed by atoms with Crippen LogP contribution in [-0.2, 0) is 11.3 Å². The average molecular weight is 419 g/mol. The number of halogens is 1. The lowest BCUT2D eigenvalue weighted by atomic mass is 10.2. The Kier molecular flexibility index (Phi) is 8.89. The summed E-state index contributed by atoms with van der Waals surface area (Å²) < 4.78 is 29.5. The summed E-state index contributed by atoms with van der Waals surface area (Å²) in [6.45, 7) is 6.38. The highest BCUT2D eigenvalue weighted by Gasteiger charge is 2.16. The van der Waals surface area contributed by atoms with Crippen LogP contribution in [0.25, 0.3) is 0 Å². The number of aliphatic hydroxyl groups excluding tert-OH is 1. The minimum Gasteiger partial charge on any atom is -0.497 e. The Morgan fingerprint density at radius 3 is 2.40 bits per heavy atom. The predicted molar refractivity (Wildman–Crippen MR) is 113 cm³/mol. The van der Waals surface area contributed by atoms with Crippen molar-refractivity contribution < 1.29 is 23.7 Å². The molecule has 1 heterocycles. The lowest BCUT2D eigenvalue weighted by Crippen LogP contribution is -2.43. The number of ether oxygens (including phenoxy) is 3. The van der Waals surface area contributed by atoms with Gasteiger partial charge in [-0.15, -0.1) is 0 Å². The van der Waals surface area contributed by atoms with Crippen molar-refractivity contribution in [2.24, 2.45) is 0 Å². The second-order valence-corrected chi connectivity index (χ2v) is 7.46. The fourth-order valence-corrected chi connectivity index (χ4v) is 3.41. The summed E-state index contributed by atoms with van der Waals surface area (Å²) in [5, 5.41) is 10.6. The smallest absolute Gasteiger partial charge is 0.123 e. The van der Waals surface area contributed by atoms with Crippen LogP contribution in [0.1, 0.15) is 5.56 Å². The molecule has 2 aromatic carbocycles. The van der Waals surface area contributed by atoms with Crippen molar-refractivity contribution in [2.75, 3.05) is 59.7 Å². The van der Waals surface area contributed by atoms with Crippen LogP contribution in [0.2, 0.25) is 0 Å². The number of rotatable bonds is 11. The second-order valence-electron chi connectivity index (χ2n) is 7.46. The van der Waals surface area contributed by atoms with Crippen LogP contribution >= 0.6 is 0 Å². The molecule has 0 amide bonds. The average Bonchev–Trinajstić information content (AvgIpc) is 2.78. The van der Waals surface area contributed by atoms with E-state index in [0.717, 1.165) is 50.7 Å². The molecule has 3 rings (SSSR count). The summed E-state index contributed by atoms with van der Waals surface area (Å²) in [5.74, 6) is 1.20. The molecule has 1 aliphatic rings. The molecule has 1 saturated heterocycles. The molecule has 1 unspecified atom stereocenters. The first-order valence-corrected chi connectivity index (χ1v) is 10.3. The molecule has 0 aliphatic carbocycles. The van der Waals surface area contributed by atoms with Gasteiger partial charge in [0.05, 0.1) is 20.3 Å². The Bertz CT molecular complexity index is 736. The summed E-state index contributed by atoms with van der Waals surface area (Å²) >= 11 is 0. The Hall–Kier alpha value is -2.19. The zero-order valence-corrected chi connectivity index (χ0v) is 17.5. The Morgan fingerprint density at radius 2 is 1.73 bits per heavy atom. The fraction of sp³-hybridized carbons (Fsp3) is 0.478. The lowest BCUT2D eigenvalue weighted by molar-refractivity contribution is 0.0256. The third-order valence-electron chi connectivity index (χ3n) is 5.13. The van der Waals surface area contributed by atoms with E-state index in [1.165, 1.54) is 12.1 Å². The van der Waals surface area contributed by atoms with Gasteiger partial charge < -0.3 is 19.3 Å². The van der Waals surface area contributed by atoms with E-state index in [9.17, 15) is 9.50 Å². The molecule has 1 N–H and O–H groups in total. The van der Waals surface area contributed by atoms with Gasteiger partial charge in [-0.3, -0.25) is 9.80 Å². The summed E-state index contributed by atoms with van der Waals surface area (Å²) in [5.41, 5.74) is 1.02. The van der Waals surface area contributed by atoms with E-state index in [1.807, 2.05) is 24.3 Å². The molecule has 1 aliphatic heterocycles. The van der Waals surface area contributed by atoms with Crippen molar-refractivity contribution in [1.29, 1.82) is 0 Å². The van der Waals surface area contributed by atoms with Crippen molar-refractivity contribution in [3.63, 3.8) is 0 Å². The van der Waals surface area contributed by atoms with Crippen LogP contribution in [-0.4, -0.2) is 80.7 Å². The number of aliphatic hydroxyl groups is 1.